The summed E-state index contributed by atoms with van der Waals surface area (Å²) in [4.78, 5) is 5.10. The summed E-state index contributed by atoms with van der Waals surface area (Å²) >= 11 is 1.85. The van der Waals surface area contributed by atoms with E-state index < -0.39 is 0 Å². The second-order valence-electron chi connectivity index (χ2n) is 5.90. The molecule has 0 fully saturated rings. The normalized spacial score (nSPS) is 11.3. The Hall–Kier alpha value is -1.98. The van der Waals surface area contributed by atoms with Crippen LogP contribution < -0.4 is 0 Å². The summed E-state index contributed by atoms with van der Waals surface area (Å²) in [6.07, 6.45) is 1.79. The maximum Gasteiger partial charge on any atom is 0.230 e. The molecule has 0 atom stereocenters. The van der Waals surface area contributed by atoms with Gasteiger partial charge in [-0.1, -0.05) is 37.3 Å². The molecule has 0 saturated carbocycles. The molecule has 0 unspecified atom stereocenters. The van der Waals surface area contributed by atoms with Crippen molar-refractivity contribution in [2.45, 2.75) is 39.8 Å². The molecule has 0 N–H and O–H groups in total. The third kappa shape index (κ3) is 4.76. The molecule has 2 heterocycles. The van der Waals surface area contributed by atoms with Gasteiger partial charge in [0.1, 0.15) is 0 Å². The van der Waals surface area contributed by atoms with Gasteiger partial charge in [-0.3, -0.25) is 4.90 Å². The molecule has 3 rings (SSSR count). The van der Waals surface area contributed by atoms with E-state index >= 15 is 0 Å². The number of aryl methyl sites for hydroxylation is 2. The molecule has 2 aromatic heterocycles. The molecule has 3 aromatic rings. The van der Waals surface area contributed by atoms with Crippen LogP contribution in [0.15, 0.2) is 46.9 Å². The minimum atomic E-state index is 0.691. The lowest BCUT2D eigenvalue weighted by Crippen LogP contribution is -2.25. The van der Waals surface area contributed by atoms with E-state index in [1.165, 1.54) is 15.3 Å². The number of benzene rings is 1. The van der Waals surface area contributed by atoms with Crippen LogP contribution in [0.3, 0.4) is 0 Å². The third-order valence-corrected chi connectivity index (χ3v) is 4.89. The predicted octanol–water partition coefficient (Wildman–Crippen LogP) is 4.25. The Morgan fingerprint density at radius 3 is 2.46 bits per heavy atom. The molecule has 0 aliphatic heterocycles. The molecule has 0 radical (unpaired) electrons. The van der Waals surface area contributed by atoms with E-state index in [-0.39, 0.29) is 0 Å². The zero-order valence-electron chi connectivity index (χ0n) is 14.2. The topological polar surface area (TPSA) is 42.2 Å². The van der Waals surface area contributed by atoms with Crippen LogP contribution in [0.2, 0.25) is 0 Å². The molecular weight excluding hydrogens is 318 g/mol. The quantitative estimate of drug-likeness (QED) is 0.614. The molecule has 1 aromatic carbocycles. The van der Waals surface area contributed by atoms with Crippen molar-refractivity contribution in [3.63, 3.8) is 0 Å². The summed E-state index contributed by atoms with van der Waals surface area (Å²) in [7, 11) is 0. The fourth-order valence-corrected chi connectivity index (χ4v) is 3.56. The van der Waals surface area contributed by atoms with Crippen molar-refractivity contribution in [2.75, 3.05) is 6.54 Å². The maximum absolute atomic E-state index is 5.70. The Labute approximate surface area is 147 Å². The maximum atomic E-state index is 5.70. The van der Waals surface area contributed by atoms with Crippen LogP contribution in [0.1, 0.15) is 34.0 Å². The first-order valence-corrected chi connectivity index (χ1v) is 9.17. The molecule has 0 bridgehead atoms. The van der Waals surface area contributed by atoms with Crippen molar-refractivity contribution >= 4 is 11.3 Å². The smallest absolute Gasteiger partial charge is 0.230 e. The minimum absolute atomic E-state index is 0.691. The molecule has 5 heteroatoms. The van der Waals surface area contributed by atoms with Crippen LogP contribution in [0.25, 0.3) is 0 Å². The first kappa shape index (κ1) is 16.9. The molecule has 0 saturated heterocycles. The zero-order valence-corrected chi connectivity index (χ0v) is 15.1. The van der Waals surface area contributed by atoms with Crippen molar-refractivity contribution in [2.24, 2.45) is 0 Å². The standard InChI is InChI=1S/C19H23N3OS/c1-3-18-20-21-19(23-18)14-22(13-17-10-9-15(2)24-17)12-11-16-7-5-4-6-8-16/h4-10H,3,11-14H2,1-2H3. The highest BCUT2D eigenvalue weighted by molar-refractivity contribution is 7.11. The van der Waals surface area contributed by atoms with Gasteiger partial charge in [0.15, 0.2) is 0 Å². The second-order valence-corrected chi connectivity index (χ2v) is 7.27. The molecule has 4 nitrogen and oxygen atoms in total. The fourth-order valence-electron chi connectivity index (χ4n) is 2.62. The van der Waals surface area contributed by atoms with Crippen molar-refractivity contribution in [3.8, 4) is 0 Å². The number of thiophene rings is 1. The van der Waals surface area contributed by atoms with E-state index in [1.807, 2.05) is 18.3 Å². The number of nitrogens with zero attached hydrogens (tertiary/aromatic N) is 3. The Kier molecular flexibility index (Phi) is 5.77. The van der Waals surface area contributed by atoms with Crippen molar-refractivity contribution in [3.05, 3.63) is 69.6 Å². The van der Waals surface area contributed by atoms with Gasteiger partial charge in [-0.15, -0.1) is 21.5 Å². The number of aromatic nitrogens is 2. The molecule has 0 aliphatic rings. The summed E-state index contributed by atoms with van der Waals surface area (Å²) in [6, 6.07) is 15.0. The van der Waals surface area contributed by atoms with Gasteiger partial charge in [-0.25, -0.2) is 0 Å². The average molecular weight is 341 g/mol. The number of rotatable bonds is 8. The summed E-state index contributed by atoms with van der Waals surface area (Å²) in [5.74, 6) is 1.41. The third-order valence-electron chi connectivity index (χ3n) is 3.91. The first-order chi connectivity index (χ1) is 11.7. The highest BCUT2D eigenvalue weighted by atomic mass is 32.1. The summed E-state index contributed by atoms with van der Waals surface area (Å²) < 4.78 is 5.70. The van der Waals surface area contributed by atoms with Crippen LogP contribution in [0.5, 0.6) is 0 Å². The van der Waals surface area contributed by atoms with Crippen molar-refractivity contribution < 1.29 is 4.42 Å². The lowest BCUT2D eigenvalue weighted by atomic mass is 10.1. The zero-order chi connectivity index (χ0) is 16.8. The van der Waals surface area contributed by atoms with Gasteiger partial charge >= 0.3 is 0 Å². The number of hydrogen-bond donors (Lipinski definition) is 0. The highest BCUT2D eigenvalue weighted by Gasteiger charge is 2.13. The van der Waals surface area contributed by atoms with Crippen LogP contribution in [0.4, 0.5) is 0 Å². The van der Waals surface area contributed by atoms with Gasteiger partial charge in [0.05, 0.1) is 6.54 Å². The molecular formula is C19H23N3OS. The van der Waals surface area contributed by atoms with E-state index in [1.54, 1.807) is 0 Å². The van der Waals surface area contributed by atoms with E-state index in [0.29, 0.717) is 18.3 Å². The van der Waals surface area contributed by atoms with Crippen molar-refractivity contribution in [1.82, 2.24) is 15.1 Å². The lowest BCUT2D eigenvalue weighted by molar-refractivity contribution is 0.233. The molecule has 24 heavy (non-hydrogen) atoms. The lowest BCUT2D eigenvalue weighted by Gasteiger charge is -2.19. The van der Waals surface area contributed by atoms with Crippen molar-refractivity contribution in [1.29, 1.82) is 0 Å². The van der Waals surface area contributed by atoms with E-state index in [9.17, 15) is 0 Å². The summed E-state index contributed by atoms with van der Waals surface area (Å²) in [5, 5.41) is 8.25. The summed E-state index contributed by atoms with van der Waals surface area (Å²) in [5.41, 5.74) is 1.35. The Balaban J connectivity index is 1.67. The summed E-state index contributed by atoms with van der Waals surface area (Å²) in [6.45, 7) is 6.74. The van der Waals surface area contributed by atoms with Crippen LogP contribution in [0, 0.1) is 6.92 Å². The Morgan fingerprint density at radius 1 is 1.00 bits per heavy atom. The highest BCUT2D eigenvalue weighted by Crippen LogP contribution is 2.19. The van der Waals surface area contributed by atoms with Gasteiger partial charge < -0.3 is 4.42 Å². The Morgan fingerprint density at radius 2 is 1.79 bits per heavy atom. The average Bonchev–Trinajstić information content (AvgIpc) is 3.22. The van der Waals surface area contributed by atoms with Gasteiger partial charge in [0.2, 0.25) is 11.8 Å². The molecule has 0 spiro atoms. The fraction of sp³-hybridized carbons (Fsp3) is 0.368. The van der Waals surface area contributed by atoms with Gasteiger partial charge in [-0.2, -0.15) is 0 Å². The SMILES string of the molecule is CCc1nnc(CN(CCc2ccccc2)Cc2ccc(C)s2)o1. The van der Waals surface area contributed by atoms with Gasteiger partial charge in [0.25, 0.3) is 0 Å². The molecule has 0 aliphatic carbocycles. The van der Waals surface area contributed by atoms with E-state index in [0.717, 1.165) is 25.9 Å². The van der Waals surface area contributed by atoms with Crippen LogP contribution >= 0.6 is 11.3 Å². The van der Waals surface area contributed by atoms with Gasteiger partial charge in [0, 0.05) is 29.3 Å². The first-order valence-electron chi connectivity index (χ1n) is 8.36. The number of hydrogen-bond acceptors (Lipinski definition) is 5. The van der Waals surface area contributed by atoms with E-state index in [4.69, 9.17) is 4.42 Å². The second kappa shape index (κ2) is 8.22. The minimum Gasteiger partial charge on any atom is -0.424 e. The Bertz CT molecular complexity index is 751. The van der Waals surface area contributed by atoms with E-state index in [2.05, 4.69) is 64.5 Å². The van der Waals surface area contributed by atoms with Crippen LogP contribution in [-0.4, -0.2) is 21.6 Å². The monoisotopic (exact) mass is 341 g/mol. The molecule has 126 valence electrons. The molecule has 0 amide bonds. The largest absolute Gasteiger partial charge is 0.424 e. The van der Waals surface area contributed by atoms with Crippen LogP contribution in [-0.2, 0) is 25.9 Å². The van der Waals surface area contributed by atoms with Gasteiger partial charge in [-0.05, 0) is 31.0 Å². The predicted molar refractivity (Wildman–Crippen MR) is 97.0 cm³/mol.